The second-order valence-corrected chi connectivity index (χ2v) is 54.3. The summed E-state index contributed by atoms with van der Waals surface area (Å²) in [5.41, 5.74) is 34.4. The van der Waals surface area contributed by atoms with Crippen LogP contribution in [0, 0.1) is 0 Å². The van der Waals surface area contributed by atoms with Gasteiger partial charge in [-0.05, 0) is 448 Å². The van der Waals surface area contributed by atoms with Gasteiger partial charge < -0.3 is 0 Å². The molecule has 0 radical (unpaired) electrons. The average Bonchev–Trinajstić information content (AvgIpc) is 0.716. The van der Waals surface area contributed by atoms with Crippen LogP contribution < -0.4 is 31.8 Å². The molecule has 0 nitrogen and oxygen atoms in total. The average molecular weight is 1840 g/mol. The molecule has 0 spiro atoms. The van der Waals surface area contributed by atoms with Gasteiger partial charge in [-0.2, -0.15) is 0 Å². The molecule has 16 aliphatic carbocycles. The van der Waals surface area contributed by atoms with E-state index in [1.165, 1.54) is 514 Å². The maximum absolute atomic E-state index is 3.26. The predicted molar refractivity (Wildman–Crippen MR) is 583 cm³/mol. The Morgan fingerprint density at radius 1 is 0.104 bits per heavy atom. The first kappa shape index (κ1) is 95.0. The monoisotopic (exact) mass is 1840 g/mol. The van der Waals surface area contributed by atoms with Crippen molar-refractivity contribution in [1.82, 2.24) is 0 Å². The molecule has 16 aliphatic rings. The van der Waals surface area contributed by atoms with E-state index >= 15 is 0 Å². The zero-order chi connectivity index (χ0) is 89.3. The quantitative estimate of drug-likeness (QED) is 0.0561. The molecule has 0 unspecified atom stereocenters. The van der Waals surface area contributed by atoms with Crippen molar-refractivity contribution in [3.05, 3.63) is 162 Å². The van der Waals surface area contributed by atoms with Crippen molar-refractivity contribution < 1.29 is 0 Å². The lowest BCUT2D eigenvalue weighted by molar-refractivity contribution is 0.429. The van der Waals surface area contributed by atoms with E-state index < -0.39 is 15.8 Å². The second kappa shape index (κ2) is 46.3. The van der Waals surface area contributed by atoms with Gasteiger partial charge in [0.25, 0.3) is 0 Å². The molecule has 6 aromatic carbocycles. The van der Waals surface area contributed by atoms with Gasteiger partial charge in [-0.1, -0.05) is 381 Å². The molecule has 0 heterocycles. The largest absolute Gasteiger partial charge is 0.0546 e. The smallest absolute Gasteiger partial charge is 0.00806 e. The maximum Gasteiger partial charge on any atom is -0.00806 e. The van der Waals surface area contributed by atoms with E-state index in [4.69, 9.17) is 0 Å². The lowest BCUT2D eigenvalue weighted by Crippen LogP contribution is -2.38. The van der Waals surface area contributed by atoms with Crippen LogP contribution in [0.5, 0.6) is 0 Å². The van der Waals surface area contributed by atoms with Gasteiger partial charge in [0.1, 0.15) is 0 Å². The number of hydrogen-bond donors (Lipinski definition) is 0. The predicted octanol–water partition coefficient (Wildman–Crippen LogP) is 39.6. The van der Waals surface area contributed by atoms with Gasteiger partial charge in [0.2, 0.25) is 0 Å². The van der Waals surface area contributed by atoms with Crippen LogP contribution in [0.4, 0.5) is 0 Å². The van der Waals surface area contributed by atoms with Crippen molar-refractivity contribution in [1.29, 1.82) is 0 Å². The summed E-state index contributed by atoms with van der Waals surface area (Å²) in [7, 11) is -2.01. The van der Waals surface area contributed by atoms with Crippen molar-refractivity contribution >= 4 is 47.7 Å². The number of hydrogen-bond acceptors (Lipinski definition) is 0. The summed E-state index contributed by atoms with van der Waals surface area (Å²) in [5.74, 6) is 10.7. The van der Waals surface area contributed by atoms with Gasteiger partial charge in [0, 0.05) is 0 Å². The van der Waals surface area contributed by atoms with E-state index in [1.54, 1.807) is 11.1 Å². The van der Waals surface area contributed by atoms with Crippen LogP contribution in [-0.4, -0.2) is 0 Å². The normalized spacial score (nSPS) is 25.1. The Bertz CT molecular complexity index is 4000. The molecule has 6 aromatic rings. The van der Waals surface area contributed by atoms with Gasteiger partial charge in [-0.15, -0.1) is 0 Å². The second-order valence-electron chi connectivity index (χ2n) is 50.2. The van der Waals surface area contributed by atoms with Crippen molar-refractivity contribution in [2.75, 3.05) is 0 Å². The third kappa shape index (κ3) is 21.3. The van der Waals surface area contributed by atoms with Gasteiger partial charge in [0.15, 0.2) is 0 Å². The molecule has 0 saturated heterocycles. The van der Waals surface area contributed by atoms with Gasteiger partial charge in [-0.25, -0.2) is 0 Å². The Hall–Kier alpha value is -3.82. The highest BCUT2D eigenvalue weighted by atomic mass is 31.1. The molecule has 0 amide bonds. The fourth-order valence-electron chi connectivity index (χ4n) is 34.1. The summed E-state index contributed by atoms with van der Waals surface area (Å²) in [5, 5.41) is 12.3. The van der Waals surface area contributed by atoms with Crippen molar-refractivity contribution in [2.45, 2.75) is 608 Å². The zero-order valence-electron chi connectivity index (χ0n) is 85.6. The summed E-state index contributed by atoms with van der Waals surface area (Å²) < 4.78 is 0. The van der Waals surface area contributed by atoms with Crippen LogP contribution in [0.2, 0.25) is 0 Å². The highest BCUT2D eigenvalue weighted by Gasteiger charge is 2.46. The first-order chi connectivity index (χ1) is 66.5. The lowest BCUT2D eigenvalue weighted by Gasteiger charge is -2.42. The fraction of sp³-hybridized carbons (Fsp3) is 0.727. The first-order valence-electron chi connectivity index (χ1n) is 61.2. The number of rotatable bonds is 23. The minimum absolute atomic E-state index is 0.602. The van der Waals surface area contributed by atoms with Crippen LogP contribution in [0.3, 0.4) is 0 Å². The van der Waals surface area contributed by atoms with Crippen molar-refractivity contribution in [2.24, 2.45) is 0 Å². The van der Waals surface area contributed by atoms with E-state index in [9.17, 15) is 0 Å². The highest BCUT2D eigenvalue weighted by Crippen LogP contribution is 2.61. The first-order valence-corrected chi connectivity index (χ1v) is 63.9. The summed E-state index contributed by atoms with van der Waals surface area (Å²) >= 11 is 0. The molecular weight excluding hydrogens is 1650 g/mol. The van der Waals surface area contributed by atoms with Gasteiger partial charge in [-0.3, -0.25) is 0 Å². The van der Waals surface area contributed by atoms with Crippen LogP contribution >= 0.6 is 15.8 Å². The Kier molecular flexibility index (Phi) is 32.8. The fourth-order valence-corrected chi connectivity index (χ4v) is 41.5. The molecule has 16 fully saturated rings. The minimum atomic E-state index is -1.01. The topological polar surface area (TPSA) is 0 Å². The molecule has 726 valence electrons. The summed E-state index contributed by atoms with van der Waals surface area (Å²) in [4.78, 5) is 0. The van der Waals surface area contributed by atoms with E-state index in [0.717, 1.165) is 23.7 Å². The Labute approximate surface area is 823 Å². The molecule has 0 N–H and O–H groups in total. The molecule has 16 saturated carbocycles. The summed E-state index contributed by atoms with van der Waals surface area (Å²) in [6.07, 6.45) is 114. The van der Waals surface area contributed by atoms with E-state index in [2.05, 4.69) is 94.0 Å². The lowest BCUT2D eigenvalue weighted by atomic mass is 9.75. The minimum Gasteiger partial charge on any atom is -0.0546 e. The molecule has 0 bridgehead atoms. The molecule has 0 aromatic heterocycles. The van der Waals surface area contributed by atoms with Gasteiger partial charge in [0.05, 0.1) is 0 Å². The molecule has 0 atom stereocenters. The Morgan fingerprint density at radius 2 is 0.194 bits per heavy atom. The SMILES string of the molecule is c1c(-c2cc(C3CCCCC3)c(P(c3c(C4CCCCC4)cc(C4CCCCC4)cc3C3CCCCC3)c3c(C4CCCCC4)cc(C4CCCCC4)cc3C3CCCCC3)c(C3CCCCC3)c2)cc(C2CCCCC2)c(P(c2c(C3CCCCC3)cc(C3CCCCC3)cc2C2CCCCC2)c2c(C3CCCCC3)cc(C3CCCCC3)cc2C2CCCCC2)c1C1CCCCC1. The molecular formula is C132H188P2. The van der Waals surface area contributed by atoms with Crippen LogP contribution in [0.15, 0.2) is 72.8 Å². The molecule has 134 heavy (non-hydrogen) atoms. The van der Waals surface area contributed by atoms with Crippen molar-refractivity contribution in [3.8, 4) is 11.1 Å². The van der Waals surface area contributed by atoms with Crippen molar-refractivity contribution in [3.63, 3.8) is 0 Å². The van der Waals surface area contributed by atoms with Crippen LogP contribution in [0.25, 0.3) is 11.1 Å². The van der Waals surface area contributed by atoms with E-state index in [0.29, 0.717) is 71.0 Å². The summed E-state index contributed by atoms with van der Waals surface area (Å²) in [6, 6.07) is 38.3. The Balaban J connectivity index is 0.873. The van der Waals surface area contributed by atoms with E-state index in [1.807, 2.05) is 99.6 Å². The molecule has 22 rings (SSSR count). The zero-order valence-corrected chi connectivity index (χ0v) is 87.4. The van der Waals surface area contributed by atoms with Crippen LogP contribution in [0.1, 0.15) is 697 Å². The maximum atomic E-state index is 3.26. The third-order valence-electron chi connectivity index (χ3n) is 41.6. The standard InChI is InChI=1S/C132H188P2/c1-17-49-93(50-18-1)109-81-115(97-57-25-5-26-58-97)127(116(82-109)98-59-27-6-28-60-98)133(128-117(99-61-29-7-30-62-99)83-110(94-51-19-2-20-52-94)84-118(128)100-63-31-8-32-64-100)131-123(105-73-41-13-42-74-105)89-113(90-124(131)106-75-43-14-44-76-106)114-91-125(107-77-45-15-46-78-107)132(126(92-114)108-79-47-16-48-80-108)134(129-119(101-65-33-9-34-66-101)85-111(95-53-21-3-22-54-95)86-120(129)102-67-35-10-36-68-102)130-121(103-69-37-11-38-70-103)87-112(96-55-23-4-24-56-96)88-122(130)104-71-39-12-40-72-104/h81-108H,1-80H2. The van der Waals surface area contributed by atoms with Crippen LogP contribution in [-0.2, 0) is 0 Å². The third-order valence-corrected chi connectivity index (χ3v) is 47.4. The number of benzene rings is 6. The molecule has 0 aliphatic heterocycles. The van der Waals surface area contributed by atoms with E-state index in [-0.39, 0.29) is 0 Å². The highest BCUT2D eigenvalue weighted by molar-refractivity contribution is 7.81. The summed E-state index contributed by atoms with van der Waals surface area (Å²) in [6.45, 7) is 0. The Morgan fingerprint density at radius 3 is 0.299 bits per heavy atom. The van der Waals surface area contributed by atoms with Gasteiger partial charge >= 0.3 is 0 Å². The molecule has 2 heteroatoms.